The molecule has 2 N–H and O–H groups in total. The summed E-state index contributed by atoms with van der Waals surface area (Å²) in [4.78, 5) is 2.01. The van der Waals surface area contributed by atoms with Crippen LogP contribution in [0.2, 0.25) is 5.02 Å². The third-order valence-electron chi connectivity index (χ3n) is 3.26. The van der Waals surface area contributed by atoms with Crippen molar-refractivity contribution in [1.29, 1.82) is 0 Å². The second-order valence-corrected chi connectivity index (χ2v) is 5.47. The molecule has 0 aliphatic heterocycles. The molecule has 0 amide bonds. The zero-order valence-corrected chi connectivity index (χ0v) is 12.4. The fourth-order valence-electron chi connectivity index (χ4n) is 2.09. The molecule has 0 fully saturated rings. The molecular weight excluding hydrogens is 275 g/mol. The Kier molecular flexibility index (Phi) is 4.63. The Labute approximate surface area is 124 Å². The molecule has 2 aromatic rings. The van der Waals surface area contributed by atoms with E-state index in [0.29, 0.717) is 17.0 Å². The lowest BCUT2D eigenvalue weighted by Crippen LogP contribution is -2.15. The van der Waals surface area contributed by atoms with E-state index in [1.165, 1.54) is 6.07 Å². The normalized spacial score (nSPS) is 12.2. The van der Waals surface area contributed by atoms with Gasteiger partial charge in [0.1, 0.15) is 5.82 Å². The molecule has 2 aromatic carbocycles. The Morgan fingerprint density at radius 3 is 2.65 bits per heavy atom. The van der Waals surface area contributed by atoms with Crippen molar-refractivity contribution >= 4 is 17.3 Å². The van der Waals surface area contributed by atoms with Gasteiger partial charge in [-0.05, 0) is 47.9 Å². The highest BCUT2D eigenvalue weighted by Crippen LogP contribution is 2.23. The van der Waals surface area contributed by atoms with Gasteiger partial charge in [-0.1, -0.05) is 23.7 Å². The van der Waals surface area contributed by atoms with Crippen molar-refractivity contribution in [1.82, 2.24) is 0 Å². The summed E-state index contributed by atoms with van der Waals surface area (Å²) in [6.07, 6.45) is 0.420. The highest BCUT2D eigenvalue weighted by Gasteiger charge is 2.12. The van der Waals surface area contributed by atoms with Crippen LogP contribution in [0.5, 0.6) is 0 Å². The van der Waals surface area contributed by atoms with Crippen LogP contribution in [0.4, 0.5) is 10.1 Å². The fourth-order valence-corrected chi connectivity index (χ4v) is 2.28. The minimum Gasteiger partial charge on any atom is -0.378 e. The van der Waals surface area contributed by atoms with Crippen LogP contribution in [-0.4, -0.2) is 14.1 Å². The predicted molar refractivity (Wildman–Crippen MR) is 82.8 cm³/mol. The fraction of sp³-hybridized carbons (Fsp3) is 0.250. The van der Waals surface area contributed by atoms with Gasteiger partial charge in [0.25, 0.3) is 0 Å². The van der Waals surface area contributed by atoms with Crippen molar-refractivity contribution in [2.45, 2.75) is 12.5 Å². The van der Waals surface area contributed by atoms with Crippen molar-refractivity contribution in [2.75, 3.05) is 19.0 Å². The SMILES string of the molecule is CN(C)c1cccc(C(N)Cc2cc(Cl)ccc2F)c1. The van der Waals surface area contributed by atoms with Crippen LogP contribution in [0.25, 0.3) is 0 Å². The summed E-state index contributed by atoms with van der Waals surface area (Å²) in [6, 6.07) is 12.2. The maximum Gasteiger partial charge on any atom is 0.126 e. The Morgan fingerprint density at radius 1 is 1.20 bits per heavy atom. The van der Waals surface area contributed by atoms with Crippen molar-refractivity contribution in [2.24, 2.45) is 5.73 Å². The molecule has 0 heterocycles. The first kappa shape index (κ1) is 14.8. The van der Waals surface area contributed by atoms with Crippen LogP contribution in [0.3, 0.4) is 0 Å². The number of nitrogens with two attached hydrogens (primary N) is 1. The van der Waals surface area contributed by atoms with Crippen molar-refractivity contribution in [3.63, 3.8) is 0 Å². The number of rotatable bonds is 4. The predicted octanol–water partition coefficient (Wildman–Crippen LogP) is 3.79. The van der Waals surface area contributed by atoms with Gasteiger partial charge < -0.3 is 10.6 Å². The monoisotopic (exact) mass is 292 g/mol. The van der Waals surface area contributed by atoms with Crippen LogP contribution >= 0.6 is 11.6 Å². The van der Waals surface area contributed by atoms with Gasteiger partial charge in [0.15, 0.2) is 0 Å². The van der Waals surface area contributed by atoms with E-state index in [0.717, 1.165) is 11.3 Å². The van der Waals surface area contributed by atoms with Crippen LogP contribution in [-0.2, 0) is 6.42 Å². The molecule has 20 heavy (non-hydrogen) atoms. The maximum atomic E-state index is 13.7. The molecule has 2 nitrogen and oxygen atoms in total. The largest absolute Gasteiger partial charge is 0.378 e. The number of halogens is 2. The van der Waals surface area contributed by atoms with E-state index in [1.54, 1.807) is 12.1 Å². The summed E-state index contributed by atoms with van der Waals surface area (Å²) in [7, 11) is 3.95. The molecular formula is C16H18ClFN2. The molecule has 0 aliphatic rings. The first-order valence-electron chi connectivity index (χ1n) is 6.44. The van der Waals surface area contributed by atoms with E-state index < -0.39 is 0 Å². The van der Waals surface area contributed by atoms with E-state index in [4.69, 9.17) is 17.3 Å². The molecule has 0 saturated heterocycles. The number of hydrogen-bond acceptors (Lipinski definition) is 2. The molecule has 0 spiro atoms. The molecule has 0 saturated carbocycles. The summed E-state index contributed by atoms with van der Waals surface area (Å²) >= 11 is 5.90. The average Bonchev–Trinajstić information content (AvgIpc) is 2.43. The molecule has 4 heteroatoms. The van der Waals surface area contributed by atoms with Crippen LogP contribution in [0.1, 0.15) is 17.2 Å². The standard InChI is InChI=1S/C16H18ClFN2/c1-20(2)14-5-3-4-11(9-14)16(19)10-12-8-13(17)6-7-15(12)18/h3-9,16H,10,19H2,1-2H3. The Bertz CT molecular complexity index is 599. The molecule has 1 atom stereocenters. The van der Waals surface area contributed by atoms with E-state index in [9.17, 15) is 4.39 Å². The number of hydrogen-bond donors (Lipinski definition) is 1. The zero-order valence-electron chi connectivity index (χ0n) is 11.6. The topological polar surface area (TPSA) is 29.3 Å². The average molecular weight is 293 g/mol. The van der Waals surface area contributed by atoms with Crippen molar-refractivity contribution < 1.29 is 4.39 Å². The van der Waals surface area contributed by atoms with Gasteiger partial charge in [0.05, 0.1) is 0 Å². The summed E-state index contributed by atoms with van der Waals surface area (Å²) in [5, 5.41) is 0.524. The first-order chi connectivity index (χ1) is 9.47. The zero-order chi connectivity index (χ0) is 14.7. The maximum absolute atomic E-state index is 13.7. The third kappa shape index (κ3) is 3.50. The van der Waals surface area contributed by atoms with Crippen LogP contribution < -0.4 is 10.6 Å². The van der Waals surface area contributed by atoms with Crippen molar-refractivity contribution in [3.8, 4) is 0 Å². The van der Waals surface area contributed by atoms with Gasteiger partial charge in [-0.15, -0.1) is 0 Å². The quantitative estimate of drug-likeness (QED) is 0.929. The van der Waals surface area contributed by atoms with Crippen LogP contribution in [0.15, 0.2) is 42.5 Å². The summed E-state index contributed by atoms with van der Waals surface area (Å²) in [6.45, 7) is 0. The van der Waals surface area contributed by atoms with Gasteiger partial charge in [0, 0.05) is 30.8 Å². The van der Waals surface area contributed by atoms with E-state index in [1.807, 2.05) is 43.3 Å². The smallest absolute Gasteiger partial charge is 0.126 e. The second kappa shape index (κ2) is 6.25. The first-order valence-corrected chi connectivity index (χ1v) is 6.82. The van der Waals surface area contributed by atoms with Gasteiger partial charge in [-0.3, -0.25) is 0 Å². The minimum absolute atomic E-state index is 0.261. The Hall–Kier alpha value is -1.58. The lowest BCUT2D eigenvalue weighted by atomic mass is 9.99. The number of nitrogens with zero attached hydrogens (tertiary/aromatic N) is 1. The number of anilines is 1. The van der Waals surface area contributed by atoms with E-state index in [2.05, 4.69) is 0 Å². The number of benzene rings is 2. The van der Waals surface area contributed by atoms with Crippen LogP contribution in [0, 0.1) is 5.82 Å². The molecule has 0 aliphatic carbocycles. The Morgan fingerprint density at radius 2 is 1.95 bits per heavy atom. The van der Waals surface area contributed by atoms with Gasteiger partial charge >= 0.3 is 0 Å². The van der Waals surface area contributed by atoms with Gasteiger partial charge in [-0.2, -0.15) is 0 Å². The van der Waals surface area contributed by atoms with Crippen molar-refractivity contribution in [3.05, 3.63) is 64.4 Å². The molecule has 106 valence electrons. The summed E-state index contributed by atoms with van der Waals surface area (Å²) in [5.41, 5.74) is 8.78. The second-order valence-electron chi connectivity index (χ2n) is 5.04. The summed E-state index contributed by atoms with van der Waals surface area (Å²) < 4.78 is 13.7. The van der Waals surface area contributed by atoms with Gasteiger partial charge in [0.2, 0.25) is 0 Å². The minimum atomic E-state index is -0.270. The van der Waals surface area contributed by atoms with E-state index >= 15 is 0 Å². The highest BCUT2D eigenvalue weighted by molar-refractivity contribution is 6.30. The lowest BCUT2D eigenvalue weighted by Gasteiger charge is -2.17. The van der Waals surface area contributed by atoms with Gasteiger partial charge in [-0.25, -0.2) is 4.39 Å². The summed E-state index contributed by atoms with van der Waals surface area (Å²) in [5.74, 6) is -0.270. The van der Waals surface area contributed by atoms with E-state index in [-0.39, 0.29) is 11.9 Å². The third-order valence-corrected chi connectivity index (χ3v) is 3.50. The molecule has 1 unspecified atom stereocenters. The Balaban J connectivity index is 2.21. The molecule has 0 aromatic heterocycles. The molecule has 0 bridgehead atoms. The molecule has 2 rings (SSSR count). The highest BCUT2D eigenvalue weighted by atomic mass is 35.5. The lowest BCUT2D eigenvalue weighted by molar-refractivity contribution is 0.593. The molecule has 0 radical (unpaired) electrons.